The van der Waals surface area contributed by atoms with Crippen LogP contribution in [0.1, 0.15) is 38.1 Å². The van der Waals surface area contributed by atoms with E-state index >= 15 is 0 Å². The summed E-state index contributed by atoms with van der Waals surface area (Å²) in [6.45, 7) is 8.57. The van der Waals surface area contributed by atoms with Crippen molar-refractivity contribution < 1.29 is 17.9 Å². The molecule has 0 atom stereocenters. The second-order valence-electron chi connectivity index (χ2n) is 6.74. The van der Waals surface area contributed by atoms with Gasteiger partial charge in [-0.25, -0.2) is 13.1 Å². The summed E-state index contributed by atoms with van der Waals surface area (Å²) in [5.41, 5.74) is -0.303. The van der Waals surface area contributed by atoms with E-state index in [9.17, 15) is 13.2 Å². The number of nitrogens with zero attached hydrogens (tertiary/aromatic N) is 1. The van der Waals surface area contributed by atoms with Crippen LogP contribution in [0, 0.1) is 0 Å². The fourth-order valence-electron chi connectivity index (χ4n) is 2.59. The highest BCUT2D eigenvalue weighted by molar-refractivity contribution is 7.89. The largest absolute Gasteiger partial charge is 0.377 e. The first-order valence-electron chi connectivity index (χ1n) is 7.76. The first-order chi connectivity index (χ1) is 11.0. The van der Waals surface area contributed by atoms with Gasteiger partial charge in [0.15, 0.2) is 0 Å². The molecule has 0 spiro atoms. The van der Waals surface area contributed by atoms with Crippen molar-refractivity contribution in [2.45, 2.75) is 44.2 Å². The molecule has 1 saturated heterocycles. The summed E-state index contributed by atoms with van der Waals surface area (Å²) >= 11 is 6.17. The van der Waals surface area contributed by atoms with Crippen molar-refractivity contribution in [3.8, 4) is 0 Å². The zero-order valence-corrected chi connectivity index (χ0v) is 15.9. The van der Waals surface area contributed by atoms with Crippen LogP contribution in [0.25, 0.3) is 0 Å². The number of halogens is 1. The van der Waals surface area contributed by atoms with E-state index < -0.39 is 15.6 Å². The standard InChI is InChI=1S/C16H23ClN2O4S/c1-11(2)18-24(21,22)12-5-6-14(17)13(9-12)15(20)19-7-8-23-10-16(19,3)4/h5-6,9,11,18H,7-8,10H2,1-4H3. The molecule has 1 N–H and O–H groups in total. The van der Waals surface area contributed by atoms with Gasteiger partial charge in [0.2, 0.25) is 10.0 Å². The number of carbonyl (C=O) groups is 1. The molecule has 1 aliphatic heterocycles. The molecule has 6 nitrogen and oxygen atoms in total. The van der Waals surface area contributed by atoms with Crippen LogP contribution in [0.5, 0.6) is 0 Å². The number of benzene rings is 1. The molecule has 0 saturated carbocycles. The molecule has 0 aliphatic carbocycles. The summed E-state index contributed by atoms with van der Waals surface area (Å²) in [5, 5.41) is 0.228. The summed E-state index contributed by atoms with van der Waals surface area (Å²) in [5.74, 6) is -0.296. The maximum atomic E-state index is 12.9. The number of amides is 1. The van der Waals surface area contributed by atoms with Crippen LogP contribution in [-0.4, -0.2) is 50.6 Å². The van der Waals surface area contributed by atoms with E-state index in [2.05, 4.69) is 4.72 Å². The van der Waals surface area contributed by atoms with Gasteiger partial charge in [-0.15, -0.1) is 0 Å². The third kappa shape index (κ3) is 4.08. The number of nitrogens with one attached hydrogen (secondary N) is 1. The van der Waals surface area contributed by atoms with Crippen molar-refractivity contribution in [1.82, 2.24) is 9.62 Å². The number of sulfonamides is 1. The van der Waals surface area contributed by atoms with E-state index in [0.717, 1.165) is 0 Å². The lowest BCUT2D eigenvalue weighted by Crippen LogP contribution is -2.55. The molecule has 0 bridgehead atoms. The van der Waals surface area contributed by atoms with Crippen molar-refractivity contribution in [3.05, 3.63) is 28.8 Å². The highest BCUT2D eigenvalue weighted by atomic mass is 35.5. The number of rotatable bonds is 4. The molecule has 0 aromatic heterocycles. The van der Waals surface area contributed by atoms with Crippen molar-refractivity contribution in [2.75, 3.05) is 19.8 Å². The molecule has 134 valence electrons. The minimum absolute atomic E-state index is 0.0232. The second-order valence-corrected chi connectivity index (χ2v) is 8.86. The fraction of sp³-hybridized carbons (Fsp3) is 0.562. The number of hydrogen-bond acceptors (Lipinski definition) is 4. The summed E-state index contributed by atoms with van der Waals surface area (Å²) in [6.07, 6.45) is 0. The van der Waals surface area contributed by atoms with Crippen molar-refractivity contribution in [3.63, 3.8) is 0 Å². The number of ether oxygens (including phenoxy) is 1. The van der Waals surface area contributed by atoms with Crippen LogP contribution >= 0.6 is 11.6 Å². The van der Waals surface area contributed by atoms with Gasteiger partial charge in [0.25, 0.3) is 5.91 Å². The molecular weight excluding hydrogens is 352 g/mol. The Morgan fingerprint density at radius 3 is 2.62 bits per heavy atom. The van der Waals surface area contributed by atoms with Gasteiger partial charge in [-0.3, -0.25) is 4.79 Å². The minimum Gasteiger partial charge on any atom is -0.377 e. The molecule has 1 amide bonds. The third-order valence-electron chi connectivity index (χ3n) is 3.76. The summed E-state index contributed by atoms with van der Waals surface area (Å²) < 4.78 is 32.6. The molecule has 0 radical (unpaired) electrons. The van der Waals surface area contributed by atoms with Crippen LogP contribution < -0.4 is 4.72 Å². The topological polar surface area (TPSA) is 75.7 Å². The van der Waals surface area contributed by atoms with E-state index in [4.69, 9.17) is 16.3 Å². The Balaban J connectivity index is 2.40. The van der Waals surface area contributed by atoms with Gasteiger partial charge < -0.3 is 9.64 Å². The first-order valence-corrected chi connectivity index (χ1v) is 9.62. The van der Waals surface area contributed by atoms with E-state index in [1.807, 2.05) is 13.8 Å². The number of hydrogen-bond donors (Lipinski definition) is 1. The molecule has 2 rings (SSSR count). The molecule has 1 aliphatic rings. The zero-order chi connectivity index (χ0) is 18.1. The maximum Gasteiger partial charge on any atom is 0.256 e. The van der Waals surface area contributed by atoms with Gasteiger partial charge in [0.05, 0.1) is 34.2 Å². The molecule has 1 heterocycles. The lowest BCUT2D eigenvalue weighted by Gasteiger charge is -2.42. The van der Waals surface area contributed by atoms with E-state index in [1.54, 1.807) is 18.7 Å². The molecule has 24 heavy (non-hydrogen) atoms. The van der Waals surface area contributed by atoms with E-state index in [0.29, 0.717) is 19.8 Å². The van der Waals surface area contributed by atoms with Crippen LogP contribution in [0.3, 0.4) is 0 Å². The number of morpholine rings is 1. The van der Waals surface area contributed by atoms with Gasteiger partial charge >= 0.3 is 0 Å². The Hall–Kier alpha value is -1.15. The monoisotopic (exact) mass is 374 g/mol. The Morgan fingerprint density at radius 1 is 1.38 bits per heavy atom. The van der Waals surface area contributed by atoms with Crippen molar-refractivity contribution in [1.29, 1.82) is 0 Å². The van der Waals surface area contributed by atoms with Crippen LogP contribution in [0.4, 0.5) is 0 Å². The van der Waals surface area contributed by atoms with Gasteiger partial charge in [-0.1, -0.05) is 11.6 Å². The van der Waals surface area contributed by atoms with Crippen molar-refractivity contribution >= 4 is 27.5 Å². The minimum atomic E-state index is -3.70. The lowest BCUT2D eigenvalue weighted by atomic mass is 10.0. The van der Waals surface area contributed by atoms with Gasteiger partial charge in [-0.2, -0.15) is 0 Å². The Labute approximate surface area is 148 Å². The van der Waals surface area contributed by atoms with Gasteiger partial charge in [0, 0.05) is 12.6 Å². The predicted octanol–water partition coefficient (Wildman–Crippen LogP) is 2.28. The lowest BCUT2D eigenvalue weighted by molar-refractivity contribution is -0.0370. The molecule has 1 fully saturated rings. The van der Waals surface area contributed by atoms with E-state index in [1.165, 1.54) is 18.2 Å². The average molecular weight is 375 g/mol. The molecular formula is C16H23ClN2O4S. The van der Waals surface area contributed by atoms with Gasteiger partial charge in [-0.05, 0) is 45.9 Å². The summed E-state index contributed by atoms with van der Waals surface area (Å²) in [6, 6.07) is 3.93. The molecule has 1 aromatic carbocycles. The third-order valence-corrected chi connectivity index (χ3v) is 5.75. The predicted molar refractivity (Wildman–Crippen MR) is 92.8 cm³/mol. The Morgan fingerprint density at radius 2 is 2.04 bits per heavy atom. The zero-order valence-electron chi connectivity index (χ0n) is 14.3. The summed E-state index contributed by atoms with van der Waals surface area (Å²) in [7, 11) is -3.70. The number of carbonyl (C=O) groups excluding carboxylic acids is 1. The smallest absolute Gasteiger partial charge is 0.256 e. The highest BCUT2D eigenvalue weighted by Gasteiger charge is 2.35. The SMILES string of the molecule is CC(C)NS(=O)(=O)c1ccc(Cl)c(C(=O)N2CCOCC2(C)C)c1. The Bertz CT molecular complexity index is 732. The second kappa shape index (κ2) is 7.00. The maximum absolute atomic E-state index is 12.9. The normalized spacial score (nSPS) is 18.0. The van der Waals surface area contributed by atoms with Crippen LogP contribution in [0.15, 0.2) is 23.1 Å². The average Bonchev–Trinajstić information content (AvgIpc) is 2.45. The van der Waals surface area contributed by atoms with Gasteiger partial charge in [0.1, 0.15) is 0 Å². The highest BCUT2D eigenvalue weighted by Crippen LogP contribution is 2.27. The Kier molecular flexibility index (Phi) is 5.59. The molecule has 0 unspecified atom stereocenters. The summed E-state index contributed by atoms with van der Waals surface area (Å²) in [4.78, 5) is 14.6. The molecule has 8 heteroatoms. The quantitative estimate of drug-likeness (QED) is 0.877. The fourth-order valence-corrected chi connectivity index (χ4v) is 4.07. The van der Waals surface area contributed by atoms with Crippen LogP contribution in [-0.2, 0) is 14.8 Å². The van der Waals surface area contributed by atoms with Crippen LogP contribution in [0.2, 0.25) is 5.02 Å². The van der Waals surface area contributed by atoms with E-state index in [-0.39, 0.29) is 27.4 Å². The molecule has 1 aromatic rings. The first kappa shape index (κ1) is 19.2. The van der Waals surface area contributed by atoms with Crippen molar-refractivity contribution in [2.24, 2.45) is 0 Å².